The molecule has 0 spiro atoms. The molecular formula is C11H14N2S. The standard InChI is InChI=1S/C11H14N2S/c14-7-6-13-8-11(12-9-13)10-4-2-1-3-5-10/h1-5,11-12,14H,6-8H2/t11-/m1/s1. The Morgan fingerprint density at radius 1 is 1.43 bits per heavy atom. The van der Waals surface area contributed by atoms with E-state index < -0.39 is 0 Å². The van der Waals surface area contributed by atoms with E-state index in [1.807, 2.05) is 6.07 Å². The molecule has 1 aromatic carbocycles. The highest BCUT2D eigenvalue weighted by atomic mass is 32.1. The molecule has 0 aliphatic carbocycles. The first kappa shape index (κ1) is 10.0. The number of hydrogen-bond donors (Lipinski definition) is 2. The van der Waals surface area contributed by atoms with Crippen LogP contribution in [0.4, 0.5) is 0 Å². The molecular weight excluding hydrogens is 192 g/mol. The molecule has 1 aliphatic rings. The van der Waals surface area contributed by atoms with Gasteiger partial charge in [-0.05, 0) is 5.56 Å². The molecule has 1 aromatic rings. The maximum atomic E-state index is 4.20. The lowest BCUT2D eigenvalue weighted by molar-refractivity contribution is 0.402. The van der Waals surface area contributed by atoms with Gasteiger partial charge < -0.3 is 0 Å². The largest absolute Gasteiger partial charge is 0.285 e. The van der Waals surface area contributed by atoms with E-state index in [4.69, 9.17) is 0 Å². The predicted octanol–water partition coefficient (Wildman–Crippen LogP) is 1.56. The maximum Gasteiger partial charge on any atom is 0.144 e. The Hall–Kier alpha value is -0.510. The van der Waals surface area contributed by atoms with Gasteiger partial charge in [-0.15, -0.1) is 0 Å². The molecule has 14 heavy (non-hydrogen) atoms. The number of nitrogens with one attached hydrogen (secondary N) is 1. The van der Waals surface area contributed by atoms with Gasteiger partial charge in [-0.25, -0.2) is 0 Å². The number of thiol groups is 1. The SMILES string of the molecule is SCCN1[C]N[C@@H](c2ccccc2)C1. The molecule has 0 saturated carbocycles. The second kappa shape index (κ2) is 4.82. The first-order chi connectivity index (χ1) is 6.90. The third-order valence-electron chi connectivity index (χ3n) is 2.37. The van der Waals surface area contributed by atoms with Gasteiger partial charge in [0, 0.05) is 24.9 Å². The van der Waals surface area contributed by atoms with Crippen molar-refractivity contribution in [2.75, 3.05) is 18.8 Å². The van der Waals surface area contributed by atoms with Crippen LogP contribution in [0.2, 0.25) is 0 Å². The first-order valence-electron chi connectivity index (χ1n) is 4.82. The van der Waals surface area contributed by atoms with Crippen molar-refractivity contribution < 1.29 is 0 Å². The molecule has 2 rings (SSSR count). The summed E-state index contributed by atoms with van der Waals surface area (Å²) in [7, 11) is 0. The molecule has 1 atom stereocenters. The molecule has 2 nitrogen and oxygen atoms in total. The second-order valence-corrected chi connectivity index (χ2v) is 3.84. The third kappa shape index (κ3) is 2.29. The molecule has 0 amide bonds. The third-order valence-corrected chi connectivity index (χ3v) is 2.57. The van der Waals surface area contributed by atoms with E-state index in [0.29, 0.717) is 6.04 Å². The van der Waals surface area contributed by atoms with Crippen LogP contribution in [0.3, 0.4) is 0 Å². The molecule has 74 valence electrons. The Morgan fingerprint density at radius 2 is 2.21 bits per heavy atom. The molecule has 1 saturated heterocycles. The lowest BCUT2D eigenvalue weighted by Gasteiger charge is -2.12. The normalized spacial score (nSPS) is 22.8. The zero-order valence-corrected chi connectivity index (χ0v) is 8.87. The highest BCUT2D eigenvalue weighted by Crippen LogP contribution is 2.19. The monoisotopic (exact) mass is 206 g/mol. The van der Waals surface area contributed by atoms with Crippen LogP contribution in [-0.4, -0.2) is 23.7 Å². The topological polar surface area (TPSA) is 15.3 Å². The van der Waals surface area contributed by atoms with E-state index in [-0.39, 0.29) is 0 Å². The fraction of sp³-hybridized carbons (Fsp3) is 0.364. The molecule has 3 heteroatoms. The van der Waals surface area contributed by atoms with E-state index >= 15 is 0 Å². The van der Waals surface area contributed by atoms with E-state index in [9.17, 15) is 0 Å². The van der Waals surface area contributed by atoms with E-state index in [1.165, 1.54) is 5.56 Å². The van der Waals surface area contributed by atoms with E-state index in [1.54, 1.807) is 0 Å². The highest BCUT2D eigenvalue weighted by Gasteiger charge is 2.23. The molecule has 2 radical (unpaired) electrons. The fourth-order valence-corrected chi connectivity index (χ4v) is 1.86. The predicted molar refractivity (Wildman–Crippen MR) is 61.0 cm³/mol. The van der Waals surface area contributed by atoms with Crippen molar-refractivity contribution in [2.45, 2.75) is 6.04 Å². The van der Waals surface area contributed by atoms with Gasteiger partial charge in [0.25, 0.3) is 0 Å². The summed E-state index contributed by atoms with van der Waals surface area (Å²) in [6.45, 7) is 5.09. The van der Waals surface area contributed by atoms with Crippen LogP contribution >= 0.6 is 12.6 Å². The first-order valence-corrected chi connectivity index (χ1v) is 5.45. The van der Waals surface area contributed by atoms with E-state index in [0.717, 1.165) is 18.8 Å². The summed E-state index contributed by atoms with van der Waals surface area (Å²) in [5, 5.41) is 3.25. The van der Waals surface area contributed by atoms with Crippen LogP contribution < -0.4 is 5.32 Å². The Labute approximate surface area is 90.7 Å². The highest BCUT2D eigenvalue weighted by molar-refractivity contribution is 7.80. The van der Waals surface area contributed by atoms with Crippen LogP contribution in [0.15, 0.2) is 30.3 Å². The molecule has 1 aliphatic heterocycles. The molecule has 0 aromatic heterocycles. The van der Waals surface area contributed by atoms with Gasteiger partial charge >= 0.3 is 0 Å². The summed E-state index contributed by atoms with van der Waals surface area (Å²) >= 11 is 4.20. The van der Waals surface area contributed by atoms with Crippen molar-refractivity contribution in [1.29, 1.82) is 0 Å². The van der Waals surface area contributed by atoms with Crippen LogP contribution in [0.25, 0.3) is 0 Å². The van der Waals surface area contributed by atoms with Crippen LogP contribution in [0.1, 0.15) is 11.6 Å². The molecule has 0 unspecified atom stereocenters. The number of rotatable bonds is 3. The summed E-state index contributed by atoms with van der Waals surface area (Å²) in [5.74, 6) is 0.871. The Morgan fingerprint density at radius 3 is 2.93 bits per heavy atom. The van der Waals surface area contributed by atoms with Crippen molar-refractivity contribution in [2.24, 2.45) is 0 Å². The lowest BCUT2D eigenvalue weighted by atomic mass is 10.1. The van der Waals surface area contributed by atoms with Crippen molar-refractivity contribution in [3.05, 3.63) is 42.6 Å². The summed E-state index contributed by atoms with van der Waals surface area (Å²) in [4.78, 5) is 2.14. The van der Waals surface area contributed by atoms with Crippen LogP contribution in [0, 0.1) is 6.67 Å². The molecule has 1 N–H and O–H groups in total. The van der Waals surface area contributed by atoms with E-state index in [2.05, 4.69) is 53.8 Å². The number of hydrogen-bond acceptors (Lipinski definition) is 3. The average molecular weight is 206 g/mol. The van der Waals surface area contributed by atoms with Crippen LogP contribution in [-0.2, 0) is 0 Å². The van der Waals surface area contributed by atoms with Gasteiger partial charge in [0.05, 0.1) is 0 Å². The molecule has 1 fully saturated rings. The average Bonchev–Trinajstić information content (AvgIpc) is 2.68. The quantitative estimate of drug-likeness (QED) is 0.730. The maximum absolute atomic E-state index is 4.20. The lowest BCUT2D eigenvalue weighted by Crippen LogP contribution is -2.19. The Kier molecular flexibility index (Phi) is 3.45. The Bertz CT molecular complexity index is 276. The number of nitrogens with zero attached hydrogens (tertiary/aromatic N) is 1. The smallest absolute Gasteiger partial charge is 0.144 e. The zero-order chi connectivity index (χ0) is 9.80. The van der Waals surface area contributed by atoms with Crippen LogP contribution in [0.5, 0.6) is 0 Å². The summed E-state index contributed by atoms with van der Waals surface area (Å²) in [6, 6.07) is 10.8. The minimum Gasteiger partial charge on any atom is -0.285 e. The van der Waals surface area contributed by atoms with Gasteiger partial charge in [-0.1, -0.05) is 30.3 Å². The van der Waals surface area contributed by atoms with Gasteiger partial charge in [0.2, 0.25) is 0 Å². The van der Waals surface area contributed by atoms with Gasteiger partial charge in [0.15, 0.2) is 0 Å². The summed E-state index contributed by atoms with van der Waals surface area (Å²) in [6.07, 6.45) is 0. The zero-order valence-electron chi connectivity index (χ0n) is 7.98. The minimum atomic E-state index is 0.385. The summed E-state index contributed by atoms with van der Waals surface area (Å²) < 4.78 is 0. The fourth-order valence-electron chi connectivity index (χ4n) is 1.62. The second-order valence-electron chi connectivity index (χ2n) is 3.39. The number of benzene rings is 1. The van der Waals surface area contributed by atoms with Gasteiger partial charge in [0.1, 0.15) is 6.67 Å². The molecule has 0 bridgehead atoms. The van der Waals surface area contributed by atoms with Crippen molar-refractivity contribution in [1.82, 2.24) is 10.2 Å². The van der Waals surface area contributed by atoms with Crippen molar-refractivity contribution in [3.8, 4) is 0 Å². The Balaban J connectivity index is 1.96. The van der Waals surface area contributed by atoms with Crippen molar-refractivity contribution >= 4 is 12.6 Å². The minimum absolute atomic E-state index is 0.385. The summed E-state index contributed by atoms with van der Waals surface area (Å²) in [5.41, 5.74) is 1.32. The van der Waals surface area contributed by atoms with Gasteiger partial charge in [-0.2, -0.15) is 12.6 Å². The van der Waals surface area contributed by atoms with Crippen molar-refractivity contribution in [3.63, 3.8) is 0 Å². The molecule has 1 heterocycles. The van der Waals surface area contributed by atoms with Gasteiger partial charge in [-0.3, -0.25) is 10.2 Å².